The third-order valence-corrected chi connectivity index (χ3v) is 3.71. The number of carbonyl (C=O) groups is 1. The average molecular weight is 292 g/mol. The topological polar surface area (TPSA) is 128 Å². The fourth-order valence-corrected chi connectivity index (χ4v) is 2.68. The van der Waals surface area contributed by atoms with Gasteiger partial charge < -0.3 is 15.0 Å². The third-order valence-electron chi connectivity index (χ3n) is 3.71. The number of ether oxygens (including phenoxy) is 1. The first kappa shape index (κ1) is 13.7. The van der Waals surface area contributed by atoms with E-state index in [1.807, 2.05) is 4.57 Å². The molecule has 3 rings (SSSR count). The number of hydroxylamine groups is 1. The lowest BCUT2D eigenvalue weighted by Gasteiger charge is -2.13. The average Bonchev–Trinajstić information content (AvgIpc) is 3.11. The van der Waals surface area contributed by atoms with Crippen LogP contribution in [0.25, 0.3) is 11.2 Å². The molecular formula is C12H16N6O3. The molecule has 2 heterocycles. The second-order valence-corrected chi connectivity index (χ2v) is 5.02. The van der Waals surface area contributed by atoms with Gasteiger partial charge in [0.25, 0.3) is 5.91 Å². The number of aromatic nitrogens is 4. The van der Waals surface area contributed by atoms with E-state index in [4.69, 9.17) is 15.7 Å². The van der Waals surface area contributed by atoms with Gasteiger partial charge in [-0.15, -0.1) is 0 Å². The minimum Gasteiger partial charge on any atom is -0.382 e. The number of hydrogen-bond acceptors (Lipinski definition) is 7. The van der Waals surface area contributed by atoms with Crippen LogP contribution in [0.4, 0.5) is 5.82 Å². The highest BCUT2D eigenvalue weighted by Crippen LogP contribution is 2.33. The zero-order valence-corrected chi connectivity index (χ0v) is 11.3. The van der Waals surface area contributed by atoms with Crippen molar-refractivity contribution in [3.05, 3.63) is 12.7 Å². The molecule has 0 bridgehead atoms. The quantitative estimate of drug-likeness (QED) is 0.535. The zero-order chi connectivity index (χ0) is 14.8. The van der Waals surface area contributed by atoms with Gasteiger partial charge in [-0.3, -0.25) is 10.0 Å². The van der Waals surface area contributed by atoms with Crippen LogP contribution in [0.5, 0.6) is 0 Å². The van der Waals surface area contributed by atoms with Crippen LogP contribution in [0, 0.1) is 0 Å². The second kappa shape index (κ2) is 5.62. The molecule has 1 aliphatic rings. The second-order valence-electron chi connectivity index (χ2n) is 5.02. The van der Waals surface area contributed by atoms with Gasteiger partial charge in [-0.2, -0.15) is 0 Å². The summed E-state index contributed by atoms with van der Waals surface area (Å²) in [6.45, 7) is -0.145. The fraction of sp³-hybridized carbons (Fsp3) is 0.500. The van der Waals surface area contributed by atoms with Gasteiger partial charge in [0.2, 0.25) is 0 Å². The standard InChI is InChI=1S/C12H16N6O3/c13-11-10-12(15-5-14-11)18(6-16-10)7-1-2-8(3-7)21-4-9(19)17-20/h5-8,20H,1-4H2,(H,17,19)(H2,13,14,15)/t7-,8+/m1/s1. The molecule has 1 saturated carbocycles. The molecule has 21 heavy (non-hydrogen) atoms. The molecule has 9 heteroatoms. The monoisotopic (exact) mass is 292 g/mol. The van der Waals surface area contributed by atoms with Crippen molar-refractivity contribution in [1.29, 1.82) is 0 Å². The Bertz CT molecular complexity index is 657. The smallest absolute Gasteiger partial charge is 0.269 e. The van der Waals surface area contributed by atoms with Gasteiger partial charge in [0.1, 0.15) is 18.5 Å². The Hall–Kier alpha value is -2.26. The van der Waals surface area contributed by atoms with Crippen LogP contribution in [-0.4, -0.2) is 43.3 Å². The molecule has 1 fully saturated rings. The highest BCUT2D eigenvalue weighted by molar-refractivity contribution is 5.81. The predicted octanol–water partition coefficient (Wildman–Crippen LogP) is 0.0241. The van der Waals surface area contributed by atoms with E-state index in [9.17, 15) is 4.79 Å². The van der Waals surface area contributed by atoms with Crippen LogP contribution in [0.15, 0.2) is 12.7 Å². The number of rotatable bonds is 4. The molecule has 4 N–H and O–H groups in total. The van der Waals surface area contributed by atoms with Crippen LogP contribution in [-0.2, 0) is 9.53 Å². The highest BCUT2D eigenvalue weighted by atomic mass is 16.5. The molecule has 0 aliphatic heterocycles. The van der Waals surface area contributed by atoms with Gasteiger partial charge in [-0.05, 0) is 19.3 Å². The van der Waals surface area contributed by atoms with Crippen LogP contribution >= 0.6 is 0 Å². The van der Waals surface area contributed by atoms with Gasteiger partial charge in [-0.1, -0.05) is 0 Å². The van der Waals surface area contributed by atoms with E-state index in [1.54, 1.807) is 11.8 Å². The summed E-state index contributed by atoms with van der Waals surface area (Å²) in [7, 11) is 0. The highest BCUT2D eigenvalue weighted by Gasteiger charge is 2.28. The van der Waals surface area contributed by atoms with Crippen molar-refractivity contribution >= 4 is 22.9 Å². The van der Waals surface area contributed by atoms with E-state index < -0.39 is 5.91 Å². The van der Waals surface area contributed by atoms with Crippen molar-refractivity contribution in [2.75, 3.05) is 12.3 Å². The molecule has 1 amide bonds. The number of nitrogens with two attached hydrogens (primary N) is 1. The molecular weight excluding hydrogens is 276 g/mol. The fourth-order valence-electron chi connectivity index (χ4n) is 2.68. The molecule has 0 radical (unpaired) electrons. The number of nitrogens with one attached hydrogen (secondary N) is 1. The summed E-state index contributed by atoms with van der Waals surface area (Å²) in [5.41, 5.74) is 8.63. The van der Waals surface area contributed by atoms with Crippen LogP contribution in [0.3, 0.4) is 0 Å². The molecule has 0 saturated heterocycles. The van der Waals surface area contributed by atoms with Crippen molar-refractivity contribution in [3.8, 4) is 0 Å². The lowest BCUT2D eigenvalue weighted by atomic mass is 10.2. The number of anilines is 1. The normalized spacial score (nSPS) is 21.8. The first-order valence-electron chi connectivity index (χ1n) is 6.66. The van der Waals surface area contributed by atoms with Gasteiger partial charge >= 0.3 is 0 Å². The van der Waals surface area contributed by atoms with Crippen molar-refractivity contribution in [3.63, 3.8) is 0 Å². The SMILES string of the molecule is Nc1ncnc2c1ncn2[C@@H]1CC[C@H](OCC(=O)NO)C1. The lowest BCUT2D eigenvalue weighted by Crippen LogP contribution is -2.26. The van der Waals surface area contributed by atoms with Gasteiger partial charge in [0.05, 0.1) is 12.4 Å². The van der Waals surface area contributed by atoms with Gasteiger partial charge in [0, 0.05) is 6.04 Å². The molecule has 2 atom stereocenters. The van der Waals surface area contributed by atoms with Crippen LogP contribution in [0.2, 0.25) is 0 Å². The molecule has 0 aromatic carbocycles. The number of amides is 1. The third kappa shape index (κ3) is 2.65. The molecule has 2 aromatic rings. The molecule has 2 aromatic heterocycles. The Kier molecular flexibility index (Phi) is 3.67. The minimum absolute atomic E-state index is 0.0241. The molecule has 0 spiro atoms. The van der Waals surface area contributed by atoms with E-state index >= 15 is 0 Å². The maximum atomic E-state index is 11.0. The number of carbonyl (C=O) groups excluding carboxylic acids is 1. The summed E-state index contributed by atoms with van der Waals surface area (Å²) >= 11 is 0. The first-order chi connectivity index (χ1) is 10.2. The largest absolute Gasteiger partial charge is 0.382 e. The number of nitrogen functional groups attached to an aromatic ring is 1. The Morgan fingerprint density at radius 3 is 3.14 bits per heavy atom. The van der Waals surface area contributed by atoms with E-state index in [2.05, 4.69) is 15.0 Å². The molecule has 0 unspecified atom stereocenters. The maximum Gasteiger partial charge on any atom is 0.269 e. The van der Waals surface area contributed by atoms with Crippen molar-refractivity contribution in [1.82, 2.24) is 25.0 Å². The number of hydrogen-bond donors (Lipinski definition) is 3. The lowest BCUT2D eigenvalue weighted by molar-refractivity contribution is -0.135. The summed E-state index contributed by atoms with van der Waals surface area (Å²) in [6.07, 6.45) is 5.61. The Labute approximate surface area is 120 Å². The van der Waals surface area contributed by atoms with E-state index in [0.29, 0.717) is 17.0 Å². The summed E-state index contributed by atoms with van der Waals surface area (Å²) in [5.74, 6) is -0.184. The number of nitrogens with zero attached hydrogens (tertiary/aromatic N) is 4. The van der Waals surface area contributed by atoms with Crippen LogP contribution < -0.4 is 11.2 Å². The van der Waals surface area contributed by atoms with Crippen molar-refractivity contribution in [2.45, 2.75) is 31.4 Å². The van der Waals surface area contributed by atoms with Gasteiger partial charge in [0.15, 0.2) is 11.5 Å². The predicted molar refractivity (Wildman–Crippen MR) is 72.3 cm³/mol. The Morgan fingerprint density at radius 2 is 2.33 bits per heavy atom. The number of fused-ring (bicyclic) bond motifs is 1. The molecule has 1 aliphatic carbocycles. The molecule has 112 valence electrons. The summed E-state index contributed by atoms with van der Waals surface area (Å²) < 4.78 is 7.43. The summed E-state index contributed by atoms with van der Waals surface area (Å²) in [6, 6.07) is 0.200. The molecule has 9 nitrogen and oxygen atoms in total. The van der Waals surface area contributed by atoms with E-state index in [0.717, 1.165) is 19.3 Å². The van der Waals surface area contributed by atoms with Crippen molar-refractivity contribution in [2.24, 2.45) is 0 Å². The summed E-state index contributed by atoms with van der Waals surface area (Å²) in [5, 5.41) is 8.44. The maximum absolute atomic E-state index is 11.0. The zero-order valence-electron chi connectivity index (χ0n) is 11.3. The van der Waals surface area contributed by atoms with Crippen LogP contribution in [0.1, 0.15) is 25.3 Å². The van der Waals surface area contributed by atoms with Gasteiger partial charge in [-0.25, -0.2) is 20.4 Å². The Morgan fingerprint density at radius 1 is 1.48 bits per heavy atom. The van der Waals surface area contributed by atoms with Crippen molar-refractivity contribution < 1.29 is 14.7 Å². The summed E-state index contributed by atoms with van der Waals surface area (Å²) in [4.78, 5) is 23.4. The van der Waals surface area contributed by atoms with E-state index in [-0.39, 0.29) is 18.8 Å². The first-order valence-corrected chi connectivity index (χ1v) is 6.66. The minimum atomic E-state index is -0.549. The van der Waals surface area contributed by atoms with E-state index in [1.165, 1.54) is 6.33 Å². The Balaban J connectivity index is 1.70. The number of imidazole rings is 1.